The van der Waals surface area contributed by atoms with E-state index in [0.29, 0.717) is 18.8 Å². The van der Waals surface area contributed by atoms with Crippen LogP contribution in [0.3, 0.4) is 0 Å². The van der Waals surface area contributed by atoms with Crippen LogP contribution in [0.5, 0.6) is 5.75 Å². The Morgan fingerprint density at radius 2 is 1.91 bits per heavy atom. The van der Waals surface area contributed by atoms with E-state index < -0.39 is 0 Å². The van der Waals surface area contributed by atoms with Crippen molar-refractivity contribution in [2.75, 3.05) is 32.7 Å². The van der Waals surface area contributed by atoms with E-state index in [1.54, 1.807) is 22.9 Å². The molecule has 168 valence electrons. The fourth-order valence-electron chi connectivity index (χ4n) is 3.60. The first-order chi connectivity index (χ1) is 15.6. The molecule has 3 heterocycles. The molecule has 1 saturated heterocycles. The minimum atomic E-state index is -0.282. The summed E-state index contributed by atoms with van der Waals surface area (Å²) in [6.45, 7) is 8.18. The van der Waals surface area contributed by atoms with Gasteiger partial charge in [0.05, 0.1) is 0 Å². The van der Waals surface area contributed by atoms with E-state index in [-0.39, 0.29) is 11.3 Å². The van der Waals surface area contributed by atoms with Crippen LogP contribution in [0.4, 0.5) is 4.79 Å². The zero-order valence-corrected chi connectivity index (χ0v) is 19.3. The lowest BCUT2D eigenvalue weighted by Crippen LogP contribution is -2.49. The first-order valence-corrected chi connectivity index (χ1v) is 11.8. The highest BCUT2D eigenvalue weighted by Crippen LogP contribution is 2.33. The molecule has 7 nitrogen and oxygen atoms in total. The number of nitrogens with zero attached hydrogens (tertiary/aromatic N) is 4. The van der Waals surface area contributed by atoms with Crippen LogP contribution >= 0.6 is 11.8 Å². The highest BCUT2D eigenvalue weighted by atomic mass is 32.2. The number of aromatic amines is 1. The van der Waals surface area contributed by atoms with E-state index in [4.69, 9.17) is 4.74 Å². The quantitative estimate of drug-likeness (QED) is 0.539. The molecule has 1 amide bonds. The molecule has 0 aliphatic carbocycles. The number of rotatable bonds is 7. The molecular weight excluding hydrogens is 422 g/mol. The number of hydrogen-bond acceptors (Lipinski definition) is 6. The SMILES string of the molecule is Cc1ccc(CCN2CCN(C(=O)Oc3ccc(C(C)Sc4ncc[nH]4)cc3)CC2)nc1. The molecule has 1 atom stereocenters. The number of hydrogen-bond donors (Lipinski definition) is 1. The third-order valence-electron chi connectivity index (χ3n) is 5.60. The van der Waals surface area contributed by atoms with Crippen molar-refractivity contribution in [3.63, 3.8) is 0 Å². The number of thioether (sulfide) groups is 1. The number of carbonyl (C=O) groups excluding carboxylic acids is 1. The van der Waals surface area contributed by atoms with Crippen molar-refractivity contribution in [1.29, 1.82) is 0 Å². The number of aryl methyl sites for hydroxylation is 1. The van der Waals surface area contributed by atoms with Crippen LogP contribution in [0.25, 0.3) is 0 Å². The Hall–Kier alpha value is -2.84. The molecule has 2 aromatic heterocycles. The van der Waals surface area contributed by atoms with Gasteiger partial charge in [-0.05, 0) is 43.2 Å². The lowest BCUT2D eigenvalue weighted by Gasteiger charge is -2.33. The second-order valence-electron chi connectivity index (χ2n) is 8.00. The third kappa shape index (κ3) is 6.11. The number of imidazole rings is 1. The summed E-state index contributed by atoms with van der Waals surface area (Å²) in [4.78, 5) is 28.6. The third-order valence-corrected chi connectivity index (χ3v) is 6.68. The van der Waals surface area contributed by atoms with Crippen molar-refractivity contribution in [3.05, 3.63) is 71.8 Å². The predicted octanol–water partition coefficient (Wildman–Crippen LogP) is 4.33. The van der Waals surface area contributed by atoms with Crippen molar-refractivity contribution in [2.24, 2.45) is 0 Å². The summed E-state index contributed by atoms with van der Waals surface area (Å²) in [7, 11) is 0. The molecule has 0 saturated carbocycles. The van der Waals surface area contributed by atoms with E-state index in [2.05, 4.69) is 38.9 Å². The average Bonchev–Trinajstić information content (AvgIpc) is 3.32. The highest BCUT2D eigenvalue weighted by molar-refractivity contribution is 7.99. The predicted molar refractivity (Wildman–Crippen MR) is 126 cm³/mol. The molecule has 1 unspecified atom stereocenters. The fourth-order valence-corrected chi connectivity index (χ4v) is 4.48. The summed E-state index contributed by atoms with van der Waals surface area (Å²) < 4.78 is 5.60. The van der Waals surface area contributed by atoms with E-state index in [1.807, 2.05) is 43.6 Å². The standard InChI is InChI=1S/C24H29N5O2S/c1-18-3-6-21(27-17-18)9-12-28-13-15-29(16-14-28)24(30)31-22-7-4-20(5-8-22)19(2)32-23-25-10-11-26-23/h3-8,10-11,17,19H,9,12-16H2,1-2H3,(H,25,26). The Labute approximate surface area is 193 Å². The summed E-state index contributed by atoms with van der Waals surface area (Å²) >= 11 is 1.66. The largest absolute Gasteiger partial charge is 0.415 e. The van der Waals surface area contributed by atoms with Crippen LogP contribution in [-0.2, 0) is 6.42 Å². The van der Waals surface area contributed by atoms with Crippen molar-refractivity contribution < 1.29 is 9.53 Å². The summed E-state index contributed by atoms with van der Waals surface area (Å²) in [5.74, 6) is 0.571. The molecule has 1 N–H and O–H groups in total. The van der Waals surface area contributed by atoms with Gasteiger partial charge >= 0.3 is 6.09 Å². The molecule has 4 rings (SSSR count). The number of nitrogens with one attached hydrogen (secondary N) is 1. The summed E-state index contributed by atoms with van der Waals surface area (Å²) in [6, 6.07) is 11.9. The van der Waals surface area contributed by atoms with Gasteiger partial charge in [-0.25, -0.2) is 9.78 Å². The van der Waals surface area contributed by atoms with Gasteiger partial charge in [-0.1, -0.05) is 30.0 Å². The first kappa shape index (κ1) is 22.4. The van der Waals surface area contributed by atoms with Gasteiger partial charge in [0, 0.05) is 68.7 Å². The monoisotopic (exact) mass is 451 g/mol. The Kier molecular flexibility index (Phi) is 7.44. The maximum atomic E-state index is 12.6. The molecule has 1 aromatic carbocycles. The van der Waals surface area contributed by atoms with Gasteiger partial charge in [0.15, 0.2) is 5.16 Å². The molecule has 8 heteroatoms. The maximum Gasteiger partial charge on any atom is 0.415 e. The number of amides is 1. The minimum Gasteiger partial charge on any atom is -0.410 e. The Balaban J connectivity index is 1.21. The lowest BCUT2D eigenvalue weighted by molar-refractivity contribution is 0.111. The summed E-state index contributed by atoms with van der Waals surface area (Å²) in [6.07, 6.45) is 6.12. The zero-order valence-electron chi connectivity index (χ0n) is 18.5. The van der Waals surface area contributed by atoms with Gasteiger partial charge in [0.25, 0.3) is 0 Å². The van der Waals surface area contributed by atoms with Crippen LogP contribution in [0.1, 0.15) is 29.0 Å². The van der Waals surface area contributed by atoms with Gasteiger partial charge in [0.2, 0.25) is 0 Å². The number of ether oxygens (including phenoxy) is 1. The Bertz CT molecular complexity index is 984. The van der Waals surface area contributed by atoms with E-state index in [0.717, 1.165) is 42.5 Å². The van der Waals surface area contributed by atoms with Crippen molar-refractivity contribution in [1.82, 2.24) is 24.8 Å². The van der Waals surface area contributed by atoms with E-state index in [9.17, 15) is 4.79 Å². The summed E-state index contributed by atoms with van der Waals surface area (Å²) in [5.41, 5.74) is 3.44. The Morgan fingerprint density at radius 3 is 2.56 bits per heavy atom. The number of piperazine rings is 1. The van der Waals surface area contributed by atoms with Gasteiger partial charge in [-0.2, -0.15) is 0 Å². The van der Waals surface area contributed by atoms with Gasteiger partial charge in [-0.3, -0.25) is 9.88 Å². The zero-order chi connectivity index (χ0) is 22.3. The second kappa shape index (κ2) is 10.7. The van der Waals surface area contributed by atoms with Crippen LogP contribution in [0, 0.1) is 6.92 Å². The normalized spacial score (nSPS) is 15.5. The number of aromatic nitrogens is 3. The molecule has 1 aliphatic rings. The second-order valence-corrected chi connectivity index (χ2v) is 9.33. The Morgan fingerprint density at radius 1 is 1.12 bits per heavy atom. The van der Waals surface area contributed by atoms with Crippen LogP contribution in [-0.4, -0.2) is 63.6 Å². The van der Waals surface area contributed by atoms with Crippen molar-refractivity contribution in [3.8, 4) is 5.75 Å². The molecule has 0 spiro atoms. The number of pyridine rings is 1. The molecule has 32 heavy (non-hydrogen) atoms. The number of benzene rings is 1. The number of H-pyrrole nitrogens is 1. The molecule has 1 fully saturated rings. The molecule has 1 aliphatic heterocycles. The topological polar surface area (TPSA) is 74.3 Å². The van der Waals surface area contributed by atoms with E-state index in [1.165, 1.54) is 5.56 Å². The van der Waals surface area contributed by atoms with Crippen LogP contribution in [0.15, 0.2) is 60.1 Å². The van der Waals surface area contributed by atoms with Gasteiger partial charge in [0.1, 0.15) is 5.75 Å². The average molecular weight is 452 g/mol. The maximum absolute atomic E-state index is 12.6. The molecule has 0 radical (unpaired) electrons. The van der Waals surface area contributed by atoms with E-state index >= 15 is 0 Å². The van der Waals surface area contributed by atoms with Crippen molar-refractivity contribution in [2.45, 2.75) is 30.7 Å². The van der Waals surface area contributed by atoms with Crippen molar-refractivity contribution >= 4 is 17.9 Å². The molecule has 3 aromatic rings. The lowest BCUT2D eigenvalue weighted by atomic mass is 10.1. The van der Waals surface area contributed by atoms with Gasteiger partial charge < -0.3 is 14.6 Å². The van der Waals surface area contributed by atoms with Crippen LogP contribution < -0.4 is 4.74 Å². The fraction of sp³-hybridized carbons (Fsp3) is 0.375. The smallest absolute Gasteiger partial charge is 0.410 e. The first-order valence-electron chi connectivity index (χ1n) is 10.9. The number of carbonyl (C=O) groups is 1. The molecule has 0 bridgehead atoms. The van der Waals surface area contributed by atoms with Crippen LogP contribution in [0.2, 0.25) is 0 Å². The highest BCUT2D eigenvalue weighted by Gasteiger charge is 2.22. The van der Waals surface area contributed by atoms with Gasteiger partial charge in [-0.15, -0.1) is 0 Å². The summed E-state index contributed by atoms with van der Waals surface area (Å²) in [5, 5.41) is 1.14. The molecular formula is C24H29N5O2S. The minimum absolute atomic E-state index is 0.245.